The third-order valence-corrected chi connectivity index (χ3v) is 3.54. The van der Waals surface area contributed by atoms with Gasteiger partial charge in [-0.1, -0.05) is 0 Å². The van der Waals surface area contributed by atoms with E-state index in [4.69, 9.17) is 5.11 Å². The van der Waals surface area contributed by atoms with E-state index in [0.29, 0.717) is 5.69 Å². The van der Waals surface area contributed by atoms with E-state index >= 15 is 0 Å². The number of hydrogen-bond donors (Lipinski definition) is 4. The summed E-state index contributed by atoms with van der Waals surface area (Å²) in [6.45, 7) is 1.89. The van der Waals surface area contributed by atoms with Gasteiger partial charge in [-0.3, -0.25) is 0 Å². The summed E-state index contributed by atoms with van der Waals surface area (Å²) in [4.78, 5) is 24.8. The van der Waals surface area contributed by atoms with Gasteiger partial charge >= 0.3 is 12.0 Å². The van der Waals surface area contributed by atoms with Crippen LogP contribution in [0.15, 0.2) is 18.2 Å². The van der Waals surface area contributed by atoms with Crippen LogP contribution in [-0.4, -0.2) is 53.3 Å². The average molecular weight is 293 g/mol. The van der Waals surface area contributed by atoms with Crippen LogP contribution in [0.2, 0.25) is 0 Å². The van der Waals surface area contributed by atoms with Gasteiger partial charge in [-0.15, -0.1) is 0 Å². The second kappa shape index (κ2) is 6.45. The molecule has 0 atom stereocenters. The largest absolute Gasteiger partial charge is 0.507 e. The fourth-order valence-electron chi connectivity index (χ4n) is 2.30. The molecule has 7 nitrogen and oxygen atoms in total. The zero-order valence-electron chi connectivity index (χ0n) is 11.8. The van der Waals surface area contributed by atoms with Crippen molar-refractivity contribution in [3.63, 3.8) is 0 Å². The molecule has 1 fully saturated rings. The Bertz CT molecular complexity index is 539. The van der Waals surface area contributed by atoms with Crippen LogP contribution in [-0.2, 0) is 0 Å². The molecule has 1 saturated heterocycles. The Labute approximate surface area is 122 Å². The van der Waals surface area contributed by atoms with Gasteiger partial charge in [0.25, 0.3) is 0 Å². The fourth-order valence-corrected chi connectivity index (χ4v) is 2.30. The van der Waals surface area contributed by atoms with Crippen molar-refractivity contribution < 1.29 is 19.8 Å². The Balaban J connectivity index is 1.91. The van der Waals surface area contributed by atoms with E-state index in [9.17, 15) is 14.7 Å². The molecule has 0 radical (unpaired) electrons. The number of nitrogens with zero attached hydrogens (tertiary/aromatic N) is 1. The Kier molecular flexibility index (Phi) is 4.64. The van der Waals surface area contributed by atoms with Crippen molar-refractivity contribution in [3.05, 3.63) is 23.8 Å². The first kappa shape index (κ1) is 15.1. The molecule has 0 bridgehead atoms. The summed E-state index contributed by atoms with van der Waals surface area (Å²) >= 11 is 0. The molecule has 1 heterocycles. The molecular weight excluding hydrogens is 274 g/mol. The van der Waals surface area contributed by atoms with E-state index in [1.54, 1.807) is 0 Å². The predicted molar refractivity (Wildman–Crippen MR) is 77.7 cm³/mol. The van der Waals surface area contributed by atoms with Crippen LogP contribution in [0, 0.1) is 0 Å². The van der Waals surface area contributed by atoms with Crippen LogP contribution in [0.4, 0.5) is 10.5 Å². The number of urea groups is 1. The van der Waals surface area contributed by atoms with E-state index in [2.05, 4.69) is 15.5 Å². The van der Waals surface area contributed by atoms with Crippen LogP contribution >= 0.6 is 0 Å². The number of rotatable bonds is 3. The zero-order valence-corrected chi connectivity index (χ0v) is 11.8. The molecule has 0 unspecified atom stereocenters. The summed E-state index contributed by atoms with van der Waals surface area (Å²) in [7, 11) is 2.04. The molecule has 4 N–H and O–H groups in total. The number of phenols is 1. The molecule has 0 aliphatic carbocycles. The van der Waals surface area contributed by atoms with Gasteiger partial charge in [-0.05, 0) is 45.1 Å². The number of carbonyl (C=O) groups is 2. The highest BCUT2D eigenvalue weighted by molar-refractivity contribution is 5.94. The number of piperidine rings is 1. The molecule has 0 saturated carbocycles. The van der Waals surface area contributed by atoms with Gasteiger partial charge in [-0.2, -0.15) is 0 Å². The summed E-state index contributed by atoms with van der Waals surface area (Å²) in [5.41, 5.74) is 0.152. The number of nitrogens with one attached hydrogen (secondary N) is 2. The Morgan fingerprint density at radius 2 is 1.95 bits per heavy atom. The van der Waals surface area contributed by atoms with Gasteiger partial charge in [0.15, 0.2) is 0 Å². The maximum atomic E-state index is 11.9. The van der Waals surface area contributed by atoms with Crippen LogP contribution in [0.25, 0.3) is 0 Å². The van der Waals surface area contributed by atoms with Gasteiger partial charge in [-0.25, -0.2) is 9.59 Å². The minimum absolute atomic E-state index is 0.132. The van der Waals surface area contributed by atoms with Crippen LogP contribution in [0.5, 0.6) is 5.75 Å². The first-order valence-electron chi connectivity index (χ1n) is 6.78. The number of carbonyl (C=O) groups excluding carboxylic acids is 1. The predicted octanol–water partition coefficient (Wildman–Crippen LogP) is 1.31. The number of aromatic carboxylic acids is 1. The molecule has 1 aromatic rings. The highest BCUT2D eigenvalue weighted by Gasteiger charge is 2.18. The summed E-state index contributed by atoms with van der Waals surface area (Å²) in [5, 5.41) is 23.8. The molecule has 114 valence electrons. The lowest BCUT2D eigenvalue weighted by molar-refractivity contribution is 0.0694. The topological polar surface area (TPSA) is 102 Å². The smallest absolute Gasteiger partial charge is 0.339 e. The normalized spacial score (nSPS) is 16.4. The minimum atomic E-state index is -1.21. The van der Waals surface area contributed by atoms with Gasteiger partial charge in [0.1, 0.15) is 11.3 Å². The SMILES string of the molecule is CN1CCC(NC(=O)Nc2ccc(C(=O)O)c(O)c2)CC1. The number of carboxylic acid groups (broad SMARTS) is 1. The van der Waals surface area contributed by atoms with Crippen molar-refractivity contribution >= 4 is 17.7 Å². The van der Waals surface area contributed by atoms with Crippen LogP contribution in [0.3, 0.4) is 0 Å². The van der Waals surface area contributed by atoms with Gasteiger partial charge in [0.05, 0.1) is 0 Å². The third kappa shape index (κ3) is 4.09. The first-order valence-corrected chi connectivity index (χ1v) is 6.78. The molecular formula is C14H19N3O4. The van der Waals surface area contributed by atoms with E-state index in [0.717, 1.165) is 25.9 Å². The average Bonchev–Trinajstić information content (AvgIpc) is 2.41. The van der Waals surface area contributed by atoms with Gasteiger partial charge < -0.3 is 25.7 Å². The van der Waals surface area contributed by atoms with E-state index in [1.165, 1.54) is 18.2 Å². The van der Waals surface area contributed by atoms with Crippen molar-refractivity contribution in [1.82, 2.24) is 10.2 Å². The maximum Gasteiger partial charge on any atom is 0.339 e. The third-order valence-electron chi connectivity index (χ3n) is 3.54. The summed E-state index contributed by atoms with van der Waals surface area (Å²) < 4.78 is 0. The molecule has 0 aromatic heterocycles. The zero-order chi connectivity index (χ0) is 15.4. The molecule has 21 heavy (non-hydrogen) atoms. The highest BCUT2D eigenvalue weighted by atomic mass is 16.4. The molecule has 7 heteroatoms. The summed E-state index contributed by atoms with van der Waals surface area (Å²) in [6.07, 6.45) is 1.79. The number of anilines is 1. The molecule has 1 aromatic carbocycles. The Morgan fingerprint density at radius 3 is 2.52 bits per heavy atom. The lowest BCUT2D eigenvalue weighted by atomic mass is 10.1. The molecule has 2 rings (SSSR count). The maximum absolute atomic E-state index is 11.9. The fraction of sp³-hybridized carbons (Fsp3) is 0.429. The molecule has 0 spiro atoms. The lowest BCUT2D eigenvalue weighted by Gasteiger charge is -2.29. The number of likely N-dealkylation sites (tertiary alicyclic amines) is 1. The summed E-state index contributed by atoms with van der Waals surface area (Å²) in [5.74, 6) is -1.59. The van der Waals surface area contributed by atoms with Crippen molar-refractivity contribution in [3.8, 4) is 5.75 Å². The number of benzene rings is 1. The minimum Gasteiger partial charge on any atom is -0.507 e. The van der Waals surface area contributed by atoms with Crippen molar-refractivity contribution in [2.45, 2.75) is 18.9 Å². The number of amides is 2. The first-order chi connectivity index (χ1) is 9.95. The second-order valence-corrected chi connectivity index (χ2v) is 5.21. The van der Waals surface area contributed by atoms with Gasteiger partial charge in [0, 0.05) is 17.8 Å². The summed E-state index contributed by atoms with van der Waals surface area (Å²) in [6, 6.07) is 3.69. The van der Waals surface area contributed by atoms with Crippen LogP contribution in [0.1, 0.15) is 23.2 Å². The van der Waals surface area contributed by atoms with Gasteiger partial charge in [0.2, 0.25) is 0 Å². The van der Waals surface area contributed by atoms with Crippen molar-refractivity contribution in [2.24, 2.45) is 0 Å². The van der Waals surface area contributed by atoms with Crippen LogP contribution < -0.4 is 10.6 Å². The molecule has 1 aliphatic heterocycles. The van der Waals surface area contributed by atoms with E-state index in [-0.39, 0.29) is 23.4 Å². The monoisotopic (exact) mass is 293 g/mol. The van der Waals surface area contributed by atoms with Crippen molar-refractivity contribution in [1.29, 1.82) is 0 Å². The number of carboxylic acids is 1. The molecule has 1 aliphatic rings. The number of hydrogen-bond acceptors (Lipinski definition) is 4. The lowest BCUT2D eigenvalue weighted by Crippen LogP contribution is -2.44. The van der Waals surface area contributed by atoms with E-state index in [1.807, 2.05) is 7.05 Å². The highest BCUT2D eigenvalue weighted by Crippen LogP contribution is 2.22. The second-order valence-electron chi connectivity index (χ2n) is 5.21. The molecule has 2 amide bonds. The standard InChI is InChI=1S/C14H19N3O4/c1-17-6-4-9(5-7-17)15-14(21)16-10-2-3-11(13(19)20)12(18)8-10/h2-3,8-9,18H,4-7H2,1H3,(H,19,20)(H2,15,16,21). The van der Waals surface area contributed by atoms with Crippen molar-refractivity contribution in [2.75, 3.05) is 25.5 Å². The Morgan fingerprint density at radius 1 is 1.29 bits per heavy atom. The quantitative estimate of drug-likeness (QED) is 0.673. The number of aromatic hydroxyl groups is 1. The Hall–Kier alpha value is -2.28. The van der Waals surface area contributed by atoms with E-state index < -0.39 is 5.97 Å².